The lowest BCUT2D eigenvalue weighted by Crippen LogP contribution is -2.23. The summed E-state index contributed by atoms with van der Waals surface area (Å²) in [6.45, 7) is 0.997. The normalized spacial score (nSPS) is 20.0. The van der Waals surface area contributed by atoms with Crippen LogP contribution in [0.5, 0.6) is 0 Å². The van der Waals surface area contributed by atoms with E-state index in [1.54, 1.807) is 16.9 Å². The molecule has 0 aliphatic heterocycles. The summed E-state index contributed by atoms with van der Waals surface area (Å²) < 4.78 is 3.85. The first-order chi connectivity index (χ1) is 16.1. The molecule has 0 bridgehead atoms. The standard InChI is InChI=1S/C24H21N7O2/c32-23-19(11-26-24(33)28-23)20-9-18(22-25-5-6-30(22)29-20)17-8-16(17)14-3-4-15-10-27-31(21(15)7-14)12-13-1-2-13/h3-7,9-11,13,16-17H,1-2,8,12H2,(H2,26,28,32,33)/t16?,17-/m0/s1. The maximum absolute atomic E-state index is 12.4. The number of aromatic nitrogens is 7. The largest absolute Gasteiger partial charge is 0.325 e. The number of hydrogen-bond donors (Lipinski definition) is 2. The highest BCUT2D eigenvalue weighted by Crippen LogP contribution is 2.56. The number of nitrogens with zero attached hydrogens (tertiary/aromatic N) is 5. The second kappa shape index (κ2) is 6.74. The third-order valence-corrected chi connectivity index (χ3v) is 6.90. The molecule has 164 valence electrons. The number of H-pyrrole nitrogens is 2. The molecule has 7 rings (SSSR count). The molecule has 0 saturated heterocycles. The van der Waals surface area contributed by atoms with Crippen LogP contribution in [0.25, 0.3) is 27.8 Å². The maximum Gasteiger partial charge on any atom is 0.325 e. The fourth-order valence-electron chi connectivity index (χ4n) is 4.86. The van der Waals surface area contributed by atoms with E-state index in [4.69, 9.17) is 0 Å². The van der Waals surface area contributed by atoms with E-state index in [1.165, 1.54) is 35.5 Å². The number of rotatable bonds is 5. The summed E-state index contributed by atoms with van der Waals surface area (Å²) in [4.78, 5) is 33.1. The van der Waals surface area contributed by atoms with Gasteiger partial charge in [-0.05, 0) is 54.7 Å². The van der Waals surface area contributed by atoms with Crippen molar-refractivity contribution in [2.45, 2.75) is 37.6 Å². The first-order valence-corrected chi connectivity index (χ1v) is 11.3. The summed E-state index contributed by atoms with van der Waals surface area (Å²) in [7, 11) is 0. The molecule has 2 N–H and O–H groups in total. The second-order valence-electron chi connectivity index (χ2n) is 9.20. The van der Waals surface area contributed by atoms with Gasteiger partial charge in [-0.2, -0.15) is 10.2 Å². The molecule has 9 heteroatoms. The van der Waals surface area contributed by atoms with Gasteiger partial charge in [0.05, 0.1) is 23.0 Å². The molecule has 1 unspecified atom stereocenters. The monoisotopic (exact) mass is 439 g/mol. The van der Waals surface area contributed by atoms with Crippen LogP contribution < -0.4 is 11.2 Å². The predicted molar refractivity (Wildman–Crippen MR) is 122 cm³/mol. The summed E-state index contributed by atoms with van der Waals surface area (Å²) >= 11 is 0. The molecule has 4 aromatic heterocycles. The quantitative estimate of drug-likeness (QED) is 0.437. The zero-order chi connectivity index (χ0) is 22.1. The Hall–Kier alpha value is -4.01. The summed E-state index contributed by atoms with van der Waals surface area (Å²) in [5, 5.41) is 10.3. The predicted octanol–water partition coefficient (Wildman–Crippen LogP) is 2.80. The number of hydrogen-bond acceptors (Lipinski definition) is 5. The molecular weight excluding hydrogens is 418 g/mol. The minimum Gasteiger partial charge on any atom is -0.313 e. The van der Waals surface area contributed by atoms with Gasteiger partial charge < -0.3 is 4.98 Å². The van der Waals surface area contributed by atoms with E-state index in [0.29, 0.717) is 17.2 Å². The number of aromatic amines is 2. The smallest absolute Gasteiger partial charge is 0.313 e. The van der Waals surface area contributed by atoms with Crippen LogP contribution in [0.2, 0.25) is 0 Å². The molecule has 2 aliphatic carbocycles. The average molecular weight is 439 g/mol. The summed E-state index contributed by atoms with van der Waals surface area (Å²) in [5.74, 6) is 1.43. The van der Waals surface area contributed by atoms with Gasteiger partial charge in [-0.15, -0.1) is 0 Å². The fourth-order valence-corrected chi connectivity index (χ4v) is 4.86. The third kappa shape index (κ3) is 3.11. The molecule has 2 atom stereocenters. The minimum absolute atomic E-state index is 0.288. The van der Waals surface area contributed by atoms with Crippen LogP contribution in [-0.4, -0.2) is 34.3 Å². The first kappa shape index (κ1) is 18.6. The lowest BCUT2D eigenvalue weighted by Gasteiger charge is -2.08. The van der Waals surface area contributed by atoms with E-state index in [1.807, 2.05) is 12.3 Å². The molecular formula is C24H21N7O2. The van der Waals surface area contributed by atoms with Crippen molar-refractivity contribution in [2.24, 2.45) is 5.92 Å². The van der Waals surface area contributed by atoms with Crippen molar-refractivity contribution >= 4 is 16.6 Å². The zero-order valence-corrected chi connectivity index (χ0v) is 17.7. The molecule has 2 aliphatic rings. The molecule has 0 spiro atoms. The third-order valence-electron chi connectivity index (χ3n) is 6.90. The minimum atomic E-state index is -0.536. The topological polar surface area (TPSA) is 114 Å². The van der Waals surface area contributed by atoms with Crippen LogP contribution in [0.1, 0.15) is 42.2 Å². The molecule has 33 heavy (non-hydrogen) atoms. The Bertz CT molecular complexity index is 1650. The van der Waals surface area contributed by atoms with Gasteiger partial charge in [0.1, 0.15) is 0 Å². The van der Waals surface area contributed by atoms with Gasteiger partial charge in [-0.25, -0.2) is 14.3 Å². The Balaban J connectivity index is 1.27. The van der Waals surface area contributed by atoms with E-state index >= 15 is 0 Å². The van der Waals surface area contributed by atoms with Crippen LogP contribution in [0.3, 0.4) is 0 Å². The zero-order valence-electron chi connectivity index (χ0n) is 17.7. The van der Waals surface area contributed by atoms with Crippen molar-refractivity contribution < 1.29 is 0 Å². The number of benzene rings is 1. The van der Waals surface area contributed by atoms with E-state index in [9.17, 15) is 9.59 Å². The van der Waals surface area contributed by atoms with Crippen LogP contribution >= 0.6 is 0 Å². The van der Waals surface area contributed by atoms with Gasteiger partial charge in [-0.1, -0.05) is 12.1 Å². The van der Waals surface area contributed by atoms with Crippen molar-refractivity contribution in [3.8, 4) is 11.3 Å². The Labute approximate surface area is 187 Å². The Morgan fingerprint density at radius 1 is 1.12 bits per heavy atom. The highest BCUT2D eigenvalue weighted by molar-refractivity contribution is 5.80. The average Bonchev–Trinajstić information content (AvgIpc) is 3.71. The second-order valence-corrected chi connectivity index (χ2v) is 9.20. The lowest BCUT2D eigenvalue weighted by molar-refractivity contribution is 0.580. The van der Waals surface area contributed by atoms with Crippen LogP contribution in [0, 0.1) is 5.92 Å². The van der Waals surface area contributed by atoms with Gasteiger partial charge in [0.15, 0.2) is 5.65 Å². The summed E-state index contributed by atoms with van der Waals surface area (Å²) in [6.07, 6.45) is 10.5. The Morgan fingerprint density at radius 2 is 2.03 bits per heavy atom. The number of imidazole rings is 1. The highest BCUT2D eigenvalue weighted by Gasteiger charge is 2.41. The summed E-state index contributed by atoms with van der Waals surface area (Å²) in [6, 6.07) is 8.59. The van der Waals surface area contributed by atoms with Crippen molar-refractivity contribution in [3.05, 3.63) is 81.0 Å². The van der Waals surface area contributed by atoms with Crippen LogP contribution in [-0.2, 0) is 6.54 Å². The lowest BCUT2D eigenvalue weighted by atomic mass is 10.0. The maximum atomic E-state index is 12.4. The molecule has 2 fully saturated rings. The molecule has 1 aromatic carbocycles. The van der Waals surface area contributed by atoms with Crippen molar-refractivity contribution in [3.63, 3.8) is 0 Å². The van der Waals surface area contributed by atoms with E-state index < -0.39 is 11.2 Å². The molecule has 9 nitrogen and oxygen atoms in total. The van der Waals surface area contributed by atoms with Gasteiger partial charge in [0.2, 0.25) is 0 Å². The van der Waals surface area contributed by atoms with Gasteiger partial charge >= 0.3 is 5.69 Å². The van der Waals surface area contributed by atoms with Crippen molar-refractivity contribution in [1.82, 2.24) is 34.3 Å². The molecule has 2 saturated carbocycles. The Morgan fingerprint density at radius 3 is 2.88 bits per heavy atom. The van der Waals surface area contributed by atoms with Gasteiger partial charge in [-0.3, -0.25) is 14.5 Å². The molecule has 0 amide bonds. The fraction of sp³-hybridized carbons (Fsp3) is 0.292. The van der Waals surface area contributed by atoms with E-state index in [0.717, 1.165) is 30.1 Å². The highest BCUT2D eigenvalue weighted by atomic mass is 16.2. The SMILES string of the molecule is O=c1[nH]cc(-c2cc([C@H]3CC3c3ccc4cnn(CC5CC5)c4c3)c3nccn3n2)c(=O)[nH]1. The van der Waals surface area contributed by atoms with Crippen molar-refractivity contribution in [2.75, 3.05) is 0 Å². The van der Waals surface area contributed by atoms with Gasteiger partial charge in [0, 0.05) is 36.1 Å². The summed E-state index contributed by atoms with van der Waals surface area (Å²) in [5.41, 5.74) is 4.20. The first-order valence-electron chi connectivity index (χ1n) is 11.3. The molecule has 4 heterocycles. The molecule has 5 aromatic rings. The van der Waals surface area contributed by atoms with E-state index in [2.05, 4.69) is 48.0 Å². The number of fused-ring (bicyclic) bond motifs is 2. The van der Waals surface area contributed by atoms with Crippen LogP contribution in [0.4, 0.5) is 0 Å². The van der Waals surface area contributed by atoms with E-state index in [-0.39, 0.29) is 5.92 Å². The Kier molecular flexibility index (Phi) is 3.79. The number of nitrogens with one attached hydrogen (secondary N) is 2. The van der Waals surface area contributed by atoms with Crippen LogP contribution in [0.15, 0.2) is 58.6 Å². The molecule has 0 radical (unpaired) electrons. The van der Waals surface area contributed by atoms with Gasteiger partial charge in [0.25, 0.3) is 5.56 Å². The van der Waals surface area contributed by atoms with Crippen molar-refractivity contribution in [1.29, 1.82) is 0 Å².